The first-order valence-electron chi connectivity index (χ1n) is 3.20. The van der Waals surface area contributed by atoms with Crippen LogP contribution in [-0.2, 0) is 11.3 Å². The molecule has 0 fully saturated rings. The molecule has 4 N–H and O–H groups in total. The SMILES string of the molecule is O.O=S=c1[nH]c2ccccc2[nH]1.[Na]. The summed E-state index contributed by atoms with van der Waals surface area (Å²) >= 11 is 0.433. The number of aromatic amines is 2. The molecule has 2 rings (SSSR count). The van der Waals surface area contributed by atoms with Crippen LogP contribution in [0.15, 0.2) is 24.3 Å². The van der Waals surface area contributed by atoms with E-state index < -0.39 is 0 Å². The maximum absolute atomic E-state index is 10.4. The van der Waals surface area contributed by atoms with Crippen molar-refractivity contribution in [1.82, 2.24) is 9.97 Å². The van der Waals surface area contributed by atoms with E-state index >= 15 is 0 Å². The van der Waals surface area contributed by atoms with E-state index in [9.17, 15) is 4.21 Å². The van der Waals surface area contributed by atoms with Gasteiger partial charge in [-0.25, -0.2) is 4.21 Å². The summed E-state index contributed by atoms with van der Waals surface area (Å²) in [6.45, 7) is 0. The van der Waals surface area contributed by atoms with Gasteiger partial charge in [0.15, 0.2) is 0 Å². The molecular weight excluding hydrogens is 199 g/mol. The Morgan fingerprint density at radius 1 is 1.08 bits per heavy atom. The van der Waals surface area contributed by atoms with Crippen LogP contribution in [-0.4, -0.2) is 49.2 Å². The molecule has 6 heteroatoms. The van der Waals surface area contributed by atoms with Gasteiger partial charge < -0.3 is 15.4 Å². The van der Waals surface area contributed by atoms with Crippen LogP contribution in [0.25, 0.3) is 11.0 Å². The Morgan fingerprint density at radius 2 is 1.54 bits per heavy atom. The molecular formula is C7H8N2NaO2S. The Labute approximate surface area is 100 Å². The molecule has 0 amide bonds. The van der Waals surface area contributed by atoms with Gasteiger partial charge >= 0.3 is 0 Å². The fourth-order valence-corrected chi connectivity index (χ4v) is 1.32. The van der Waals surface area contributed by atoms with E-state index in [1.165, 1.54) is 0 Å². The molecule has 0 aliphatic heterocycles. The maximum Gasteiger partial charge on any atom is 0.205 e. The van der Waals surface area contributed by atoms with E-state index in [1.807, 2.05) is 24.3 Å². The van der Waals surface area contributed by atoms with Crippen LogP contribution in [0.3, 0.4) is 0 Å². The minimum absolute atomic E-state index is 0. The third-order valence-electron chi connectivity index (χ3n) is 1.51. The van der Waals surface area contributed by atoms with Crippen molar-refractivity contribution in [3.63, 3.8) is 0 Å². The zero-order chi connectivity index (χ0) is 7.68. The van der Waals surface area contributed by atoms with E-state index in [1.54, 1.807) is 0 Å². The van der Waals surface area contributed by atoms with Crippen molar-refractivity contribution in [2.45, 2.75) is 0 Å². The largest absolute Gasteiger partial charge is 0.412 e. The number of benzene rings is 1. The van der Waals surface area contributed by atoms with Gasteiger partial charge in [0.2, 0.25) is 4.77 Å². The van der Waals surface area contributed by atoms with Crippen molar-refractivity contribution in [2.24, 2.45) is 0 Å². The van der Waals surface area contributed by atoms with Crippen LogP contribution in [0.1, 0.15) is 0 Å². The van der Waals surface area contributed by atoms with Gasteiger partial charge in [-0.15, -0.1) is 0 Å². The molecule has 0 aliphatic rings. The number of hydrogen-bond acceptors (Lipinski definition) is 1. The predicted octanol–water partition coefficient (Wildman–Crippen LogP) is 0.0355. The summed E-state index contributed by atoms with van der Waals surface area (Å²) < 4.78 is 10.9. The topological polar surface area (TPSA) is 80.2 Å². The molecule has 1 radical (unpaired) electrons. The average Bonchev–Trinajstić information content (AvgIpc) is 2.46. The van der Waals surface area contributed by atoms with Crippen molar-refractivity contribution in [3.05, 3.63) is 29.0 Å². The molecule has 1 aromatic heterocycles. The Kier molecular flexibility index (Phi) is 5.27. The molecule has 65 valence electrons. The van der Waals surface area contributed by atoms with Crippen molar-refractivity contribution in [3.8, 4) is 0 Å². The van der Waals surface area contributed by atoms with E-state index in [0.717, 1.165) is 11.0 Å². The molecule has 13 heavy (non-hydrogen) atoms. The van der Waals surface area contributed by atoms with Crippen molar-refractivity contribution in [2.75, 3.05) is 0 Å². The maximum atomic E-state index is 10.4. The van der Waals surface area contributed by atoms with Gasteiger partial charge in [-0.1, -0.05) is 12.1 Å². The zero-order valence-corrected chi connectivity index (χ0v) is 9.94. The number of nitrogens with one attached hydrogen (secondary N) is 2. The second kappa shape index (κ2) is 5.41. The normalized spacial score (nSPS) is 8.62. The molecule has 0 spiro atoms. The molecule has 0 atom stereocenters. The summed E-state index contributed by atoms with van der Waals surface area (Å²) in [6, 6.07) is 7.69. The molecule has 0 saturated heterocycles. The van der Waals surface area contributed by atoms with Crippen LogP contribution in [0, 0.1) is 4.77 Å². The third kappa shape index (κ3) is 2.55. The number of fused-ring (bicyclic) bond motifs is 1. The Hall–Kier alpha value is -0.330. The number of H-pyrrole nitrogens is 2. The van der Waals surface area contributed by atoms with Gasteiger partial charge in [0.25, 0.3) is 0 Å². The molecule has 2 aromatic rings. The summed E-state index contributed by atoms with van der Waals surface area (Å²) in [5.41, 5.74) is 1.93. The summed E-state index contributed by atoms with van der Waals surface area (Å²) in [5, 5.41) is 0. The average molecular weight is 207 g/mol. The van der Waals surface area contributed by atoms with Crippen molar-refractivity contribution >= 4 is 51.8 Å². The van der Waals surface area contributed by atoms with E-state index in [-0.39, 0.29) is 35.0 Å². The molecule has 0 aliphatic carbocycles. The van der Waals surface area contributed by atoms with E-state index in [2.05, 4.69) is 9.97 Å². The van der Waals surface area contributed by atoms with Gasteiger partial charge in [-0.3, -0.25) is 0 Å². The monoisotopic (exact) mass is 207 g/mol. The number of para-hydroxylation sites is 2. The van der Waals surface area contributed by atoms with Gasteiger partial charge in [-0.2, -0.15) is 0 Å². The number of rotatable bonds is 0. The Balaban J connectivity index is 0.000000720. The summed E-state index contributed by atoms with van der Waals surface area (Å²) in [7, 11) is 0. The summed E-state index contributed by atoms with van der Waals surface area (Å²) in [4.78, 5) is 5.88. The first-order valence-corrected chi connectivity index (χ1v) is 3.94. The van der Waals surface area contributed by atoms with Crippen LogP contribution >= 0.6 is 0 Å². The summed E-state index contributed by atoms with van der Waals surface area (Å²) in [5.74, 6) is 0. The fraction of sp³-hybridized carbons (Fsp3) is 0. The fourth-order valence-electron chi connectivity index (χ4n) is 1.02. The van der Waals surface area contributed by atoms with Gasteiger partial charge in [0.05, 0.1) is 11.0 Å². The van der Waals surface area contributed by atoms with Gasteiger partial charge in [0.1, 0.15) is 11.3 Å². The first-order chi connectivity index (χ1) is 5.40. The number of hydrogen-bond donors (Lipinski definition) is 2. The summed E-state index contributed by atoms with van der Waals surface area (Å²) in [6.07, 6.45) is 0. The Morgan fingerprint density at radius 3 is 1.92 bits per heavy atom. The van der Waals surface area contributed by atoms with Gasteiger partial charge in [0, 0.05) is 29.6 Å². The molecule has 0 unspecified atom stereocenters. The smallest absolute Gasteiger partial charge is 0.205 e. The number of imidazole rings is 1. The van der Waals surface area contributed by atoms with E-state index in [4.69, 9.17) is 0 Å². The van der Waals surface area contributed by atoms with Crippen LogP contribution in [0.4, 0.5) is 0 Å². The number of aromatic nitrogens is 2. The quantitative estimate of drug-likeness (QED) is 0.464. The molecule has 4 nitrogen and oxygen atoms in total. The third-order valence-corrected chi connectivity index (χ3v) is 1.88. The van der Waals surface area contributed by atoms with Crippen LogP contribution in [0.5, 0.6) is 0 Å². The first kappa shape index (κ1) is 12.7. The second-order valence-electron chi connectivity index (χ2n) is 2.21. The second-order valence-corrected chi connectivity index (χ2v) is 2.78. The molecule has 1 aromatic carbocycles. The molecule has 0 bridgehead atoms. The van der Waals surface area contributed by atoms with Crippen LogP contribution < -0.4 is 0 Å². The molecule has 1 heterocycles. The van der Waals surface area contributed by atoms with E-state index in [0.29, 0.717) is 16.0 Å². The Bertz CT molecular complexity index is 436. The van der Waals surface area contributed by atoms with Gasteiger partial charge in [-0.05, 0) is 12.1 Å². The minimum Gasteiger partial charge on any atom is -0.412 e. The van der Waals surface area contributed by atoms with Crippen molar-refractivity contribution in [1.29, 1.82) is 0 Å². The van der Waals surface area contributed by atoms with Crippen molar-refractivity contribution < 1.29 is 9.69 Å². The molecule has 0 saturated carbocycles. The zero-order valence-electron chi connectivity index (χ0n) is 7.13. The standard InChI is InChI=1S/C7H6N2OS.Na.H2O/c10-11-7-8-5-3-1-2-4-6(5)9-7;;/h1-4,8-9H;;1H2. The minimum atomic E-state index is 0. The predicted molar refractivity (Wildman–Crippen MR) is 53.4 cm³/mol. The van der Waals surface area contributed by atoms with Crippen LogP contribution in [0.2, 0.25) is 0 Å².